The van der Waals surface area contributed by atoms with Gasteiger partial charge in [0, 0.05) is 6.04 Å². The SMILES string of the molecule is Cc1nc2cc(-c3ncncc3F)sc2n1C(C)C. The van der Waals surface area contributed by atoms with Crippen molar-refractivity contribution in [1.82, 2.24) is 19.5 Å². The highest BCUT2D eigenvalue weighted by atomic mass is 32.1. The monoisotopic (exact) mass is 276 g/mol. The highest BCUT2D eigenvalue weighted by Crippen LogP contribution is 2.35. The fourth-order valence-corrected chi connectivity index (χ4v) is 3.49. The lowest BCUT2D eigenvalue weighted by Crippen LogP contribution is -2.01. The molecule has 3 rings (SSSR count). The van der Waals surface area contributed by atoms with Crippen molar-refractivity contribution < 1.29 is 4.39 Å². The summed E-state index contributed by atoms with van der Waals surface area (Å²) in [5.74, 6) is 0.574. The van der Waals surface area contributed by atoms with Crippen molar-refractivity contribution in [2.24, 2.45) is 0 Å². The van der Waals surface area contributed by atoms with E-state index in [2.05, 4.69) is 33.4 Å². The molecule has 3 aromatic rings. The molecule has 0 aliphatic carbocycles. The van der Waals surface area contributed by atoms with Gasteiger partial charge in [0.15, 0.2) is 5.82 Å². The quantitative estimate of drug-likeness (QED) is 0.718. The molecule has 4 nitrogen and oxygen atoms in total. The van der Waals surface area contributed by atoms with Crippen LogP contribution in [0.15, 0.2) is 18.6 Å². The zero-order valence-electron chi connectivity index (χ0n) is 10.9. The molecule has 0 aliphatic heterocycles. The lowest BCUT2D eigenvalue weighted by Gasteiger charge is -2.09. The molecule has 6 heteroatoms. The molecule has 0 saturated carbocycles. The molecule has 19 heavy (non-hydrogen) atoms. The second kappa shape index (κ2) is 4.38. The highest BCUT2D eigenvalue weighted by molar-refractivity contribution is 7.21. The predicted octanol–water partition coefficient (Wildman–Crippen LogP) is 3.58. The van der Waals surface area contributed by atoms with Crippen LogP contribution in [0.4, 0.5) is 4.39 Å². The Morgan fingerprint density at radius 2 is 2.16 bits per heavy atom. The minimum Gasteiger partial charge on any atom is -0.317 e. The van der Waals surface area contributed by atoms with E-state index in [4.69, 9.17) is 0 Å². The van der Waals surface area contributed by atoms with Gasteiger partial charge in [-0.05, 0) is 26.8 Å². The molecule has 0 saturated heterocycles. The normalized spacial score (nSPS) is 11.6. The number of rotatable bonds is 2. The molecule has 0 unspecified atom stereocenters. The first-order valence-electron chi connectivity index (χ1n) is 6.02. The number of nitrogens with zero attached hydrogens (tertiary/aromatic N) is 4. The van der Waals surface area contributed by atoms with Gasteiger partial charge in [-0.3, -0.25) is 0 Å². The van der Waals surface area contributed by atoms with Crippen LogP contribution in [0, 0.1) is 12.7 Å². The van der Waals surface area contributed by atoms with E-state index in [0.717, 1.165) is 21.0 Å². The molecule has 0 radical (unpaired) electrons. The summed E-state index contributed by atoms with van der Waals surface area (Å²) in [6.07, 6.45) is 2.54. The number of fused-ring (bicyclic) bond motifs is 1. The summed E-state index contributed by atoms with van der Waals surface area (Å²) in [4.78, 5) is 14.0. The van der Waals surface area contributed by atoms with Gasteiger partial charge in [0.2, 0.25) is 0 Å². The van der Waals surface area contributed by atoms with Gasteiger partial charge >= 0.3 is 0 Å². The van der Waals surface area contributed by atoms with Gasteiger partial charge in [0.1, 0.15) is 28.2 Å². The number of hydrogen-bond acceptors (Lipinski definition) is 4. The minimum absolute atomic E-state index is 0.326. The number of hydrogen-bond donors (Lipinski definition) is 0. The summed E-state index contributed by atoms with van der Waals surface area (Å²) in [6, 6.07) is 2.21. The summed E-state index contributed by atoms with van der Waals surface area (Å²) in [7, 11) is 0. The molecule has 0 N–H and O–H groups in total. The third-order valence-electron chi connectivity index (χ3n) is 2.96. The fraction of sp³-hybridized carbons (Fsp3) is 0.308. The maximum Gasteiger partial charge on any atom is 0.168 e. The molecule has 0 aliphatic rings. The summed E-state index contributed by atoms with van der Waals surface area (Å²) in [5.41, 5.74) is 1.23. The largest absolute Gasteiger partial charge is 0.317 e. The van der Waals surface area contributed by atoms with Crippen molar-refractivity contribution in [3.8, 4) is 10.6 Å². The number of aromatic nitrogens is 4. The molecular formula is C13H13FN4S. The van der Waals surface area contributed by atoms with E-state index in [1.54, 1.807) is 0 Å². The van der Waals surface area contributed by atoms with E-state index in [-0.39, 0.29) is 0 Å². The molecule has 3 heterocycles. The van der Waals surface area contributed by atoms with Crippen LogP contribution in [0.2, 0.25) is 0 Å². The summed E-state index contributed by atoms with van der Waals surface area (Å²) < 4.78 is 15.9. The maximum absolute atomic E-state index is 13.7. The van der Waals surface area contributed by atoms with Crippen LogP contribution >= 0.6 is 11.3 Å². The summed E-state index contributed by atoms with van der Waals surface area (Å²) >= 11 is 1.51. The molecule has 0 spiro atoms. The van der Waals surface area contributed by atoms with E-state index in [1.807, 2.05) is 13.0 Å². The van der Waals surface area contributed by atoms with Crippen LogP contribution in [-0.2, 0) is 0 Å². The third kappa shape index (κ3) is 1.92. The average Bonchev–Trinajstić information content (AvgIpc) is 2.85. The smallest absolute Gasteiger partial charge is 0.168 e. The summed E-state index contributed by atoms with van der Waals surface area (Å²) in [5, 5.41) is 0. The zero-order chi connectivity index (χ0) is 13.6. The Kier molecular flexibility index (Phi) is 2.82. The fourth-order valence-electron chi connectivity index (χ4n) is 2.22. The van der Waals surface area contributed by atoms with Crippen molar-refractivity contribution in [3.63, 3.8) is 0 Å². The van der Waals surface area contributed by atoms with Crippen LogP contribution in [0.25, 0.3) is 20.9 Å². The van der Waals surface area contributed by atoms with Crippen molar-refractivity contribution in [2.45, 2.75) is 26.8 Å². The lowest BCUT2D eigenvalue weighted by molar-refractivity contribution is 0.602. The van der Waals surface area contributed by atoms with Crippen molar-refractivity contribution in [3.05, 3.63) is 30.2 Å². The van der Waals surface area contributed by atoms with E-state index >= 15 is 0 Å². The number of aryl methyl sites for hydroxylation is 1. The first-order valence-corrected chi connectivity index (χ1v) is 6.84. The van der Waals surface area contributed by atoms with E-state index < -0.39 is 5.82 Å². The van der Waals surface area contributed by atoms with Crippen molar-refractivity contribution in [2.75, 3.05) is 0 Å². The molecule has 0 aromatic carbocycles. The highest BCUT2D eigenvalue weighted by Gasteiger charge is 2.16. The van der Waals surface area contributed by atoms with E-state index in [9.17, 15) is 4.39 Å². The van der Waals surface area contributed by atoms with Gasteiger partial charge in [-0.1, -0.05) is 0 Å². The Bertz CT molecular complexity index is 744. The Balaban J connectivity index is 2.21. The van der Waals surface area contributed by atoms with Gasteiger partial charge < -0.3 is 4.57 Å². The number of halogens is 1. The second-order valence-corrected chi connectivity index (χ2v) is 5.67. The Hall–Kier alpha value is -1.82. The van der Waals surface area contributed by atoms with Gasteiger partial charge in [-0.25, -0.2) is 19.3 Å². The second-order valence-electron chi connectivity index (χ2n) is 4.64. The maximum atomic E-state index is 13.7. The Labute approximate surface area is 114 Å². The van der Waals surface area contributed by atoms with Crippen LogP contribution < -0.4 is 0 Å². The molecule has 0 fully saturated rings. The average molecular weight is 276 g/mol. The van der Waals surface area contributed by atoms with Crippen LogP contribution in [0.5, 0.6) is 0 Å². The van der Waals surface area contributed by atoms with Gasteiger partial charge in [-0.15, -0.1) is 11.3 Å². The molecule has 98 valence electrons. The first kappa shape index (κ1) is 12.2. The molecule has 0 bridgehead atoms. The van der Waals surface area contributed by atoms with E-state index in [0.29, 0.717) is 11.7 Å². The van der Waals surface area contributed by atoms with Crippen molar-refractivity contribution >= 4 is 21.7 Å². The molecular weight excluding hydrogens is 263 g/mol. The van der Waals surface area contributed by atoms with Gasteiger partial charge in [-0.2, -0.15) is 0 Å². The van der Waals surface area contributed by atoms with Crippen LogP contribution in [0.1, 0.15) is 25.7 Å². The predicted molar refractivity (Wildman–Crippen MR) is 73.7 cm³/mol. The topological polar surface area (TPSA) is 43.6 Å². The Morgan fingerprint density at radius 3 is 2.84 bits per heavy atom. The minimum atomic E-state index is -0.403. The van der Waals surface area contributed by atoms with Crippen molar-refractivity contribution in [1.29, 1.82) is 0 Å². The number of imidazole rings is 1. The van der Waals surface area contributed by atoms with Crippen LogP contribution in [0.3, 0.4) is 0 Å². The standard InChI is InChI=1S/C13H13FN4S/c1-7(2)18-8(3)17-10-4-11(19-13(10)18)12-9(14)5-15-6-16-12/h4-7H,1-3H3. The molecule has 0 atom stereocenters. The lowest BCUT2D eigenvalue weighted by atomic mass is 10.3. The number of thiophene rings is 1. The Morgan fingerprint density at radius 1 is 1.37 bits per heavy atom. The van der Waals surface area contributed by atoms with Gasteiger partial charge in [0.25, 0.3) is 0 Å². The van der Waals surface area contributed by atoms with E-state index in [1.165, 1.54) is 23.9 Å². The molecule has 0 amide bonds. The zero-order valence-corrected chi connectivity index (χ0v) is 11.7. The third-order valence-corrected chi connectivity index (χ3v) is 4.09. The summed E-state index contributed by atoms with van der Waals surface area (Å²) in [6.45, 7) is 6.20. The first-order chi connectivity index (χ1) is 9.08. The van der Waals surface area contributed by atoms with Crippen LogP contribution in [-0.4, -0.2) is 19.5 Å². The molecule has 3 aromatic heterocycles. The van der Waals surface area contributed by atoms with Gasteiger partial charge in [0.05, 0.1) is 11.1 Å².